The molecule has 2 heterocycles. The molecule has 0 spiro atoms. The van der Waals surface area contributed by atoms with Gasteiger partial charge < -0.3 is 20.1 Å². The molecule has 0 aromatic heterocycles. The van der Waals surface area contributed by atoms with E-state index in [1.54, 1.807) is 0 Å². The number of rotatable bonds is 8. The third kappa shape index (κ3) is 6.94. The Bertz CT molecular complexity index is 657. The van der Waals surface area contributed by atoms with Gasteiger partial charge in [-0.05, 0) is 26.3 Å². The molecule has 1 aromatic rings. The molecule has 1 aromatic carbocycles. The second-order valence-corrected chi connectivity index (χ2v) is 8.18. The molecule has 0 aliphatic carbocycles. The molecule has 2 atom stereocenters. The van der Waals surface area contributed by atoms with E-state index < -0.39 is 0 Å². The number of aliphatic imine (C=N–C) groups is 1. The van der Waals surface area contributed by atoms with Gasteiger partial charge >= 0.3 is 0 Å². The second kappa shape index (κ2) is 12.2. The van der Waals surface area contributed by atoms with E-state index in [1.807, 2.05) is 0 Å². The molecule has 0 amide bonds. The first kappa shape index (κ1) is 23.0. The summed E-state index contributed by atoms with van der Waals surface area (Å²) in [4.78, 5) is 9.86. The standard InChI is InChI=1S/C23H39N5O2/c1-4-24-23(25-17-20(3)27-8-12-29-13-9-27)26-18-22(28-10-14-30-15-11-28)21-7-5-6-19(2)16-21/h5-7,16,20,22H,4,8-15,17-18H2,1-3H3,(H2,24,25,26). The monoisotopic (exact) mass is 417 g/mol. The molecule has 0 saturated carbocycles. The number of hydrogen-bond donors (Lipinski definition) is 2. The molecular weight excluding hydrogens is 378 g/mol. The number of benzene rings is 1. The lowest BCUT2D eigenvalue weighted by molar-refractivity contribution is 0.0169. The van der Waals surface area contributed by atoms with Gasteiger partial charge in [0.15, 0.2) is 5.96 Å². The lowest BCUT2D eigenvalue weighted by Gasteiger charge is -2.35. The van der Waals surface area contributed by atoms with Crippen LogP contribution in [-0.4, -0.2) is 94.0 Å². The van der Waals surface area contributed by atoms with E-state index in [4.69, 9.17) is 14.5 Å². The van der Waals surface area contributed by atoms with Crippen molar-refractivity contribution in [1.29, 1.82) is 0 Å². The Balaban J connectivity index is 1.64. The van der Waals surface area contributed by atoms with Crippen LogP contribution in [-0.2, 0) is 9.47 Å². The van der Waals surface area contributed by atoms with Crippen LogP contribution in [0.4, 0.5) is 0 Å². The van der Waals surface area contributed by atoms with Gasteiger partial charge in [-0.15, -0.1) is 0 Å². The third-order valence-corrected chi connectivity index (χ3v) is 5.90. The first-order chi connectivity index (χ1) is 14.7. The first-order valence-electron chi connectivity index (χ1n) is 11.4. The van der Waals surface area contributed by atoms with Crippen molar-refractivity contribution in [3.8, 4) is 0 Å². The van der Waals surface area contributed by atoms with Gasteiger partial charge in [0.1, 0.15) is 0 Å². The molecule has 7 nitrogen and oxygen atoms in total. The molecule has 3 rings (SSSR count). The van der Waals surface area contributed by atoms with Crippen LogP contribution < -0.4 is 10.6 Å². The summed E-state index contributed by atoms with van der Waals surface area (Å²) in [6.45, 7) is 16.1. The molecule has 168 valence electrons. The molecular formula is C23H39N5O2. The highest BCUT2D eigenvalue weighted by molar-refractivity contribution is 5.79. The fraction of sp³-hybridized carbons (Fsp3) is 0.696. The van der Waals surface area contributed by atoms with Crippen LogP contribution in [0.1, 0.15) is 31.0 Å². The largest absolute Gasteiger partial charge is 0.379 e. The number of guanidine groups is 1. The van der Waals surface area contributed by atoms with Crippen molar-refractivity contribution in [2.75, 3.05) is 72.2 Å². The van der Waals surface area contributed by atoms with Crippen LogP contribution in [0, 0.1) is 6.92 Å². The Morgan fingerprint density at radius 2 is 1.70 bits per heavy atom. The summed E-state index contributed by atoms with van der Waals surface area (Å²) in [6.07, 6.45) is 0. The van der Waals surface area contributed by atoms with Crippen LogP contribution in [0.5, 0.6) is 0 Å². The molecule has 2 saturated heterocycles. The Morgan fingerprint density at radius 1 is 1.03 bits per heavy atom. The Kier molecular flexibility index (Phi) is 9.39. The van der Waals surface area contributed by atoms with Crippen molar-refractivity contribution in [1.82, 2.24) is 20.4 Å². The van der Waals surface area contributed by atoms with E-state index in [2.05, 4.69) is 65.5 Å². The highest BCUT2D eigenvalue weighted by atomic mass is 16.5. The first-order valence-corrected chi connectivity index (χ1v) is 11.4. The number of ether oxygens (including phenoxy) is 2. The number of morpholine rings is 2. The summed E-state index contributed by atoms with van der Waals surface area (Å²) < 4.78 is 11.1. The molecule has 0 bridgehead atoms. The maximum absolute atomic E-state index is 5.58. The zero-order valence-corrected chi connectivity index (χ0v) is 18.9. The lowest BCUT2D eigenvalue weighted by Crippen LogP contribution is -2.47. The Hall–Kier alpha value is -1.67. The van der Waals surface area contributed by atoms with Crippen molar-refractivity contribution < 1.29 is 9.47 Å². The van der Waals surface area contributed by atoms with Crippen LogP contribution in [0.3, 0.4) is 0 Å². The van der Waals surface area contributed by atoms with Crippen molar-refractivity contribution in [2.45, 2.75) is 32.9 Å². The molecule has 2 N–H and O–H groups in total. The summed E-state index contributed by atoms with van der Waals surface area (Å²) in [5.74, 6) is 0.892. The van der Waals surface area contributed by atoms with E-state index >= 15 is 0 Å². The average molecular weight is 418 g/mol. The van der Waals surface area contributed by atoms with Gasteiger partial charge in [-0.3, -0.25) is 14.8 Å². The van der Waals surface area contributed by atoms with Gasteiger partial charge in [0.05, 0.1) is 39.0 Å². The summed E-state index contributed by atoms with van der Waals surface area (Å²) in [5.41, 5.74) is 2.65. The SMILES string of the molecule is CCNC(=NCC(C)N1CCOCC1)NCC(c1cccc(C)c1)N1CCOCC1. The number of hydrogen-bond acceptors (Lipinski definition) is 5. The Morgan fingerprint density at radius 3 is 2.33 bits per heavy atom. The second-order valence-electron chi connectivity index (χ2n) is 8.18. The van der Waals surface area contributed by atoms with Gasteiger partial charge in [-0.2, -0.15) is 0 Å². The minimum atomic E-state index is 0.300. The molecule has 2 aliphatic rings. The minimum absolute atomic E-state index is 0.300. The van der Waals surface area contributed by atoms with E-state index in [0.717, 1.165) is 78.2 Å². The highest BCUT2D eigenvalue weighted by Crippen LogP contribution is 2.22. The van der Waals surface area contributed by atoms with Crippen LogP contribution in [0.25, 0.3) is 0 Å². The smallest absolute Gasteiger partial charge is 0.191 e. The third-order valence-electron chi connectivity index (χ3n) is 5.90. The molecule has 0 radical (unpaired) electrons. The minimum Gasteiger partial charge on any atom is -0.379 e. The van der Waals surface area contributed by atoms with Gasteiger partial charge in [-0.25, -0.2) is 0 Å². The van der Waals surface area contributed by atoms with Crippen molar-refractivity contribution >= 4 is 5.96 Å². The lowest BCUT2D eigenvalue weighted by atomic mass is 10.0. The molecule has 2 unspecified atom stereocenters. The van der Waals surface area contributed by atoms with Crippen LogP contribution in [0.15, 0.2) is 29.3 Å². The fourth-order valence-electron chi connectivity index (χ4n) is 4.12. The summed E-state index contributed by atoms with van der Waals surface area (Å²) in [7, 11) is 0. The fourth-order valence-corrected chi connectivity index (χ4v) is 4.12. The average Bonchev–Trinajstić information content (AvgIpc) is 2.78. The predicted molar refractivity (Wildman–Crippen MR) is 122 cm³/mol. The maximum Gasteiger partial charge on any atom is 0.191 e. The topological polar surface area (TPSA) is 61.4 Å². The molecule has 2 fully saturated rings. The summed E-state index contributed by atoms with van der Waals surface area (Å²) in [5, 5.41) is 7.02. The van der Waals surface area contributed by atoms with E-state index in [9.17, 15) is 0 Å². The summed E-state index contributed by atoms with van der Waals surface area (Å²) >= 11 is 0. The van der Waals surface area contributed by atoms with E-state index in [-0.39, 0.29) is 0 Å². The van der Waals surface area contributed by atoms with Gasteiger partial charge in [0, 0.05) is 45.3 Å². The van der Waals surface area contributed by atoms with Gasteiger partial charge in [-0.1, -0.05) is 29.8 Å². The van der Waals surface area contributed by atoms with Gasteiger partial charge in [0.25, 0.3) is 0 Å². The van der Waals surface area contributed by atoms with Crippen molar-refractivity contribution in [3.63, 3.8) is 0 Å². The molecule has 2 aliphatic heterocycles. The normalized spacial score (nSPS) is 21.2. The van der Waals surface area contributed by atoms with Crippen molar-refractivity contribution in [2.24, 2.45) is 4.99 Å². The molecule has 7 heteroatoms. The zero-order valence-electron chi connectivity index (χ0n) is 18.9. The van der Waals surface area contributed by atoms with Crippen molar-refractivity contribution in [3.05, 3.63) is 35.4 Å². The molecule has 30 heavy (non-hydrogen) atoms. The summed E-state index contributed by atoms with van der Waals surface area (Å²) in [6, 6.07) is 9.56. The zero-order chi connectivity index (χ0) is 21.2. The number of nitrogens with zero attached hydrogens (tertiary/aromatic N) is 3. The van der Waals surface area contributed by atoms with E-state index in [0.29, 0.717) is 12.1 Å². The quantitative estimate of drug-likeness (QED) is 0.495. The van der Waals surface area contributed by atoms with Crippen LogP contribution in [0.2, 0.25) is 0 Å². The maximum atomic E-state index is 5.58. The van der Waals surface area contributed by atoms with Gasteiger partial charge in [0.2, 0.25) is 0 Å². The van der Waals surface area contributed by atoms with Crippen LogP contribution >= 0.6 is 0 Å². The highest BCUT2D eigenvalue weighted by Gasteiger charge is 2.23. The predicted octanol–water partition coefficient (Wildman–Crippen LogP) is 1.64. The number of aryl methyl sites for hydroxylation is 1. The Labute approximate surface area is 181 Å². The number of nitrogens with one attached hydrogen (secondary N) is 2. The van der Waals surface area contributed by atoms with E-state index in [1.165, 1.54) is 11.1 Å².